The van der Waals surface area contributed by atoms with Crippen molar-refractivity contribution in [3.63, 3.8) is 0 Å². The number of ether oxygens (including phenoxy) is 3. The summed E-state index contributed by atoms with van der Waals surface area (Å²) in [6.45, 7) is 6.10. The van der Waals surface area contributed by atoms with Crippen molar-refractivity contribution in [1.29, 1.82) is 0 Å². The van der Waals surface area contributed by atoms with Gasteiger partial charge in [0.25, 0.3) is 0 Å². The average molecular weight is 891 g/mol. The first-order valence-corrected chi connectivity index (χ1v) is 24.8. The Morgan fingerprint density at radius 2 is 0.646 bits per heavy atom. The van der Waals surface area contributed by atoms with Crippen molar-refractivity contribution in [3.8, 4) is 0 Å². The molecule has 6 heteroatoms. The van der Waals surface area contributed by atoms with Gasteiger partial charge in [-0.05, 0) is 96.3 Å². The van der Waals surface area contributed by atoms with Crippen LogP contribution in [0.25, 0.3) is 0 Å². The summed E-state index contributed by atoms with van der Waals surface area (Å²) in [6, 6.07) is 0. The lowest BCUT2D eigenvalue weighted by Crippen LogP contribution is -2.30. The van der Waals surface area contributed by atoms with Crippen LogP contribution >= 0.6 is 0 Å². The lowest BCUT2D eigenvalue weighted by Gasteiger charge is -2.18. The number of allylic oxidation sites excluding steroid dienone is 28. The molecule has 0 aromatic carbocycles. The van der Waals surface area contributed by atoms with Gasteiger partial charge in [0.15, 0.2) is 6.10 Å². The zero-order valence-electron chi connectivity index (χ0n) is 40.7. The Bertz CT molecular complexity index is 1590. The number of hydrogen-bond acceptors (Lipinski definition) is 6. The Morgan fingerprint density at radius 1 is 0.323 bits per heavy atom. The van der Waals surface area contributed by atoms with E-state index in [9.17, 15) is 14.4 Å². The third-order valence-electron chi connectivity index (χ3n) is 9.42. The third-order valence-corrected chi connectivity index (χ3v) is 9.42. The zero-order valence-corrected chi connectivity index (χ0v) is 40.7. The van der Waals surface area contributed by atoms with Crippen molar-refractivity contribution in [2.24, 2.45) is 0 Å². The fourth-order valence-electron chi connectivity index (χ4n) is 5.80. The number of esters is 3. The van der Waals surface area contributed by atoms with E-state index in [0.717, 1.165) is 109 Å². The molecule has 0 aliphatic rings. The molecule has 0 saturated carbocycles. The van der Waals surface area contributed by atoms with Crippen LogP contribution in [0.15, 0.2) is 170 Å². The van der Waals surface area contributed by atoms with E-state index in [1.165, 1.54) is 0 Å². The molecule has 0 bridgehead atoms. The van der Waals surface area contributed by atoms with E-state index in [-0.39, 0.29) is 38.0 Å². The summed E-state index contributed by atoms with van der Waals surface area (Å²) in [7, 11) is 0. The molecule has 65 heavy (non-hydrogen) atoms. The molecule has 0 amide bonds. The van der Waals surface area contributed by atoms with E-state index < -0.39 is 12.1 Å². The molecule has 0 aromatic rings. The number of unbranched alkanes of at least 4 members (excludes halogenated alkanes) is 9. The lowest BCUT2D eigenvalue weighted by atomic mass is 10.1. The highest BCUT2D eigenvalue weighted by atomic mass is 16.6. The standard InChI is InChI=1S/C59H86O6/c1-4-7-10-13-16-19-22-25-27-29-31-34-37-40-43-46-49-52-58(61)64-55-56(54-63-57(60)51-48-45-42-39-36-33-24-21-18-15-12-9-6-3)65-59(62)53-50-47-44-41-38-35-32-30-28-26-23-20-17-14-11-8-5-2/h7-13,15-22,24-29,31-32,34-35,37,41,44,56H,4-6,14,23,30,33,36,38-40,42-43,45-55H2,1-3H3/b10-7-,11-8-,12-9-,16-13-,18-15-,20-17-,22-19-,24-21-,27-25-,28-26-,31-29+,35-32-,37-34-,44-41-. The highest BCUT2D eigenvalue weighted by Crippen LogP contribution is 2.11. The van der Waals surface area contributed by atoms with Gasteiger partial charge in [0.05, 0.1) is 0 Å². The first kappa shape index (κ1) is 59.8. The van der Waals surface area contributed by atoms with Gasteiger partial charge in [-0.15, -0.1) is 0 Å². The lowest BCUT2D eigenvalue weighted by molar-refractivity contribution is -0.167. The van der Waals surface area contributed by atoms with Crippen molar-refractivity contribution in [2.45, 2.75) is 168 Å². The summed E-state index contributed by atoms with van der Waals surface area (Å²) >= 11 is 0. The van der Waals surface area contributed by atoms with Gasteiger partial charge in [0.2, 0.25) is 0 Å². The molecule has 0 aliphatic carbocycles. The number of carbonyl (C=O) groups is 3. The maximum Gasteiger partial charge on any atom is 0.306 e. The van der Waals surface area contributed by atoms with Crippen molar-refractivity contribution >= 4 is 17.9 Å². The van der Waals surface area contributed by atoms with Crippen molar-refractivity contribution < 1.29 is 28.6 Å². The minimum absolute atomic E-state index is 0.136. The topological polar surface area (TPSA) is 78.9 Å². The highest BCUT2D eigenvalue weighted by molar-refractivity contribution is 5.71. The van der Waals surface area contributed by atoms with E-state index in [1.54, 1.807) is 0 Å². The van der Waals surface area contributed by atoms with Crippen LogP contribution in [0, 0.1) is 0 Å². The van der Waals surface area contributed by atoms with Crippen LogP contribution in [0.1, 0.15) is 162 Å². The van der Waals surface area contributed by atoms with Crippen LogP contribution in [0.3, 0.4) is 0 Å². The van der Waals surface area contributed by atoms with E-state index >= 15 is 0 Å². The molecule has 6 nitrogen and oxygen atoms in total. The largest absolute Gasteiger partial charge is 0.462 e. The van der Waals surface area contributed by atoms with Crippen molar-refractivity contribution in [3.05, 3.63) is 170 Å². The summed E-state index contributed by atoms with van der Waals surface area (Å²) in [6.07, 6.45) is 76.2. The molecule has 0 aromatic heterocycles. The Balaban J connectivity index is 4.66. The van der Waals surface area contributed by atoms with Gasteiger partial charge in [0.1, 0.15) is 13.2 Å². The normalized spacial score (nSPS) is 13.6. The van der Waals surface area contributed by atoms with Gasteiger partial charge in [-0.25, -0.2) is 0 Å². The fraction of sp³-hybridized carbons (Fsp3) is 0.475. The smallest absolute Gasteiger partial charge is 0.306 e. The van der Waals surface area contributed by atoms with Crippen LogP contribution in [0.4, 0.5) is 0 Å². The van der Waals surface area contributed by atoms with Crippen LogP contribution in [0.2, 0.25) is 0 Å². The molecular formula is C59H86O6. The minimum atomic E-state index is -0.844. The zero-order chi connectivity index (χ0) is 47.2. The number of hydrogen-bond donors (Lipinski definition) is 0. The first-order valence-electron chi connectivity index (χ1n) is 24.8. The molecule has 0 heterocycles. The van der Waals surface area contributed by atoms with E-state index in [0.29, 0.717) is 19.3 Å². The minimum Gasteiger partial charge on any atom is -0.462 e. The second-order valence-corrected chi connectivity index (χ2v) is 15.4. The van der Waals surface area contributed by atoms with Crippen LogP contribution < -0.4 is 0 Å². The molecule has 0 radical (unpaired) electrons. The molecule has 0 N–H and O–H groups in total. The van der Waals surface area contributed by atoms with Gasteiger partial charge in [0, 0.05) is 19.3 Å². The SMILES string of the molecule is CC\C=C/C=C\C=C/C=C\C=C\C=C/CCCCCC(=O)OCC(COC(=O)CCCCCCC\C=C/C=C\C=C/CC)OC(=O)CCC/C=C\C/C=C\C/C=C\C/C=C\C/C=C\CC. The predicted octanol–water partition coefficient (Wildman–Crippen LogP) is 16.4. The number of carbonyl (C=O) groups excluding carboxylic acids is 3. The van der Waals surface area contributed by atoms with Gasteiger partial charge in [-0.3, -0.25) is 14.4 Å². The van der Waals surface area contributed by atoms with Gasteiger partial charge < -0.3 is 14.2 Å². The fourth-order valence-corrected chi connectivity index (χ4v) is 5.80. The van der Waals surface area contributed by atoms with Gasteiger partial charge >= 0.3 is 17.9 Å². The summed E-state index contributed by atoms with van der Waals surface area (Å²) in [5.74, 6) is -1.08. The van der Waals surface area contributed by atoms with E-state index in [4.69, 9.17) is 14.2 Å². The maximum atomic E-state index is 12.8. The Morgan fingerprint density at radius 3 is 1.09 bits per heavy atom. The third kappa shape index (κ3) is 49.6. The molecule has 0 fully saturated rings. The molecular weight excluding hydrogens is 805 g/mol. The second-order valence-electron chi connectivity index (χ2n) is 15.4. The summed E-state index contributed by atoms with van der Waals surface area (Å²) < 4.78 is 16.7. The first-order chi connectivity index (χ1) is 32.0. The quantitative estimate of drug-likeness (QED) is 0.0200. The van der Waals surface area contributed by atoms with Crippen molar-refractivity contribution in [1.82, 2.24) is 0 Å². The van der Waals surface area contributed by atoms with Gasteiger partial charge in [-0.2, -0.15) is 0 Å². The highest BCUT2D eigenvalue weighted by Gasteiger charge is 2.19. The Hall–Kier alpha value is -5.23. The molecule has 0 aliphatic heterocycles. The molecule has 0 rings (SSSR count). The maximum absolute atomic E-state index is 12.8. The average Bonchev–Trinajstić information content (AvgIpc) is 3.30. The molecule has 0 spiro atoms. The van der Waals surface area contributed by atoms with Crippen LogP contribution in [0.5, 0.6) is 0 Å². The van der Waals surface area contributed by atoms with Crippen LogP contribution in [-0.4, -0.2) is 37.2 Å². The monoisotopic (exact) mass is 891 g/mol. The number of rotatable bonds is 41. The molecule has 1 unspecified atom stereocenters. The van der Waals surface area contributed by atoms with Crippen LogP contribution in [-0.2, 0) is 28.6 Å². The summed E-state index contributed by atoms with van der Waals surface area (Å²) in [4.78, 5) is 37.9. The summed E-state index contributed by atoms with van der Waals surface area (Å²) in [5, 5.41) is 0. The molecule has 1 atom stereocenters. The van der Waals surface area contributed by atoms with Gasteiger partial charge in [-0.1, -0.05) is 217 Å². The predicted molar refractivity (Wildman–Crippen MR) is 278 cm³/mol. The summed E-state index contributed by atoms with van der Waals surface area (Å²) in [5.41, 5.74) is 0. The van der Waals surface area contributed by atoms with E-state index in [2.05, 4.69) is 124 Å². The molecule has 0 saturated heterocycles. The van der Waals surface area contributed by atoms with E-state index in [1.807, 2.05) is 66.8 Å². The molecule has 358 valence electrons. The second kappa shape index (κ2) is 51.4. The van der Waals surface area contributed by atoms with Crippen molar-refractivity contribution in [2.75, 3.05) is 13.2 Å². The Kier molecular flexibility index (Phi) is 47.3. The Labute approximate surface area is 396 Å².